The van der Waals surface area contributed by atoms with Gasteiger partial charge in [0.2, 0.25) is 15.9 Å². The highest BCUT2D eigenvalue weighted by molar-refractivity contribution is 7.89. The predicted molar refractivity (Wildman–Crippen MR) is 88.9 cm³/mol. The molecule has 1 amide bonds. The summed E-state index contributed by atoms with van der Waals surface area (Å²) < 4.78 is 39.1. The summed E-state index contributed by atoms with van der Waals surface area (Å²) in [6.45, 7) is -0.0492. The number of anilines is 1. The van der Waals surface area contributed by atoms with Crippen LogP contribution in [0.1, 0.15) is 30.9 Å². The van der Waals surface area contributed by atoms with Crippen molar-refractivity contribution in [3.8, 4) is 0 Å². The first-order chi connectivity index (χ1) is 11.4. The number of halogens is 1. The molecular weight excluding hydrogens is 353 g/mol. The van der Waals surface area contributed by atoms with Gasteiger partial charge in [0.1, 0.15) is 5.82 Å². The lowest BCUT2D eigenvalue weighted by Gasteiger charge is -2.06. The third-order valence-electron chi connectivity index (χ3n) is 3.53. The Morgan fingerprint density at radius 3 is 2.67 bits per heavy atom. The number of carbonyl (C=O) groups excluding carboxylic acids is 1. The first kappa shape index (κ1) is 17.0. The third-order valence-corrected chi connectivity index (χ3v) is 5.78. The molecule has 0 bridgehead atoms. The average Bonchev–Trinajstić information content (AvgIpc) is 3.28. The van der Waals surface area contributed by atoms with E-state index in [1.165, 1.54) is 23.5 Å². The summed E-state index contributed by atoms with van der Waals surface area (Å²) in [6, 6.07) is 4.49. The zero-order valence-electron chi connectivity index (χ0n) is 12.7. The summed E-state index contributed by atoms with van der Waals surface area (Å²) in [5.74, 6) is -0.301. The number of aromatic nitrogens is 1. The van der Waals surface area contributed by atoms with Crippen LogP contribution in [0.3, 0.4) is 0 Å². The molecule has 1 aromatic carbocycles. The first-order valence-corrected chi connectivity index (χ1v) is 9.81. The van der Waals surface area contributed by atoms with E-state index in [4.69, 9.17) is 0 Å². The molecule has 2 aromatic rings. The Labute approximate surface area is 143 Å². The van der Waals surface area contributed by atoms with E-state index in [0.29, 0.717) is 11.0 Å². The topological polar surface area (TPSA) is 88.2 Å². The molecule has 9 heteroatoms. The number of amides is 1. The molecule has 1 saturated carbocycles. The van der Waals surface area contributed by atoms with Crippen LogP contribution in [0.15, 0.2) is 34.5 Å². The van der Waals surface area contributed by atoms with Gasteiger partial charge in [0.15, 0.2) is 5.13 Å². The number of carbonyl (C=O) groups is 1. The smallest absolute Gasteiger partial charge is 0.240 e. The molecule has 6 nitrogen and oxygen atoms in total. The van der Waals surface area contributed by atoms with E-state index in [9.17, 15) is 17.6 Å². The Morgan fingerprint density at radius 2 is 2.00 bits per heavy atom. The molecule has 0 saturated heterocycles. The molecule has 1 aromatic heterocycles. The van der Waals surface area contributed by atoms with Gasteiger partial charge in [-0.3, -0.25) is 4.79 Å². The van der Waals surface area contributed by atoms with Crippen molar-refractivity contribution < 1.29 is 17.6 Å². The standard InChI is InChI=1S/C15H16FN3O3S2/c16-11-3-5-12(6-4-11)24(21,22)17-8-7-14(20)19-15-18-13(9-23-15)10-1-2-10/h3-6,9-10,17H,1-2,7-8H2,(H,18,19,20). The van der Waals surface area contributed by atoms with E-state index in [-0.39, 0.29) is 23.8 Å². The summed E-state index contributed by atoms with van der Waals surface area (Å²) in [6.07, 6.45) is 2.27. The van der Waals surface area contributed by atoms with Crippen LogP contribution in [-0.2, 0) is 14.8 Å². The largest absolute Gasteiger partial charge is 0.302 e. The molecule has 0 spiro atoms. The second-order valence-corrected chi connectivity index (χ2v) is 8.13. The van der Waals surface area contributed by atoms with E-state index < -0.39 is 15.8 Å². The van der Waals surface area contributed by atoms with Crippen LogP contribution in [0.4, 0.5) is 9.52 Å². The minimum absolute atomic E-state index is 0.0151. The Morgan fingerprint density at radius 1 is 1.29 bits per heavy atom. The zero-order chi connectivity index (χ0) is 17.2. The lowest BCUT2D eigenvalue weighted by molar-refractivity contribution is -0.116. The second-order valence-electron chi connectivity index (χ2n) is 5.50. The van der Waals surface area contributed by atoms with Crippen molar-refractivity contribution in [2.45, 2.75) is 30.1 Å². The molecule has 0 radical (unpaired) electrons. The van der Waals surface area contributed by atoms with Gasteiger partial charge in [-0.05, 0) is 37.1 Å². The second kappa shape index (κ2) is 6.96. The maximum Gasteiger partial charge on any atom is 0.240 e. The summed E-state index contributed by atoms with van der Waals surface area (Å²) in [5.41, 5.74) is 1.01. The van der Waals surface area contributed by atoms with Crippen LogP contribution in [0.2, 0.25) is 0 Å². The monoisotopic (exact) mass is 369 g/mol. The molecular formula is C15H16FN3O3S2. The molecule has 0 atom stereocenters. The van der Waals surface area contributed by atoms with Crippen molar-refractivity contribution in [1.82, 2.24) is 9.71 Å². The van der Waals surface area contributed by atoms with Gasteiger partial charge in [-0.15, -0.1) is 11.3 Å². The fourth-order valence-electron chi connectivity index (χ4n) is 2.09. The fourth-order valence-corrected chi connectivity index (χ4v) is 3.93. The fraction of sp³-hybridized carbons (Fsp3) is 0.333. The third kappa shape index (κ3) is 4.37. The molecule has 1 aliphatic rings. The number of hydrogen-bond acceptors (Lipinski definition) is 5. The van der Waals surface area contributed by atoms with Crippen molar-refractivity contribution in [2.24, 2.45) is 0 Å². The Hall–Kier alpha value is -1.84. The Balaban J connectivity index is 1.47. The first-order valence-electron chi connectivity index (χ1n) is 7.44. The van der Waals surface area contributed by atoms with E-state index in [1.807, 2.05) is 5.38 Å². The minimum Gasteiger partial charge on any atom is -0.302 e. The maximum absolute atomic E-state index is 12.8. The highest BCUT2D eigenvalue weighted by atomic mass is 32.2. The number of nitrogens with zero attached hydrogens (tertiary/aromatic N) is 1. The molecule has 0 unspecified atom stereocenters. The Kier molecular flexibility index (Phi) is 4.93. The predicted octanol–water partition coefficient (Wildman–Crippen LogP) is 2.47. The lowest BCUT2D eigenvalue weighted by atomic mass is 10.3. The van der Waals surface area contributed by atoms with Gasteiger partial charge < -0.3 is 5.32 Å². The molecule has 3 rings (SSSR count). The van der Waals surface area contributed by atoms with Crippen molar-refractivity contribution in [3.05, 3.63) is 41.2 Å². The number of thiazole rings is 1. The number of sulfonamides is 1. The number of hydrogen-bond donors (Lipinski definition) is 2. The van der Waals surface area contributed by atoms with Gasteiger partial charge in [-0.25, -0.2) is 22.5 Å². The minimum atomic E-state index is -3.75. The summed E-state index contributed by atoms with van der Waals surface area (Å²) in [4.78, 5) is 16.1. The molecule has 1 heterocycles. The van der Waals surface area contributed by atoms with Crippen LogP contribution in [0.5, 0.6) is 0 Å². The lowest BCUT2D eigenvalue weighted by Crippen LogP contribution is -2.27. The normalized spacial score (nSPS) is 14.5. The molecule has 24 heavy (non-hydrogen) atoms. The quantitative estimate of drug-likeness (QED) is 0.785. The Bertz CT molecular complexity index is 830. The van der Waals surface area contributed by atoms with Crippen molar-refractivity contribution in [3.63, 3.8) is 0 Å². The summed E-state index contributed by atoms with van der Waals surface area (Å²) in [7, 11) is -3.75. The van der Waals surface area contributed by atoms with E-state index in [2.05, 4.69) is 15.0 Å². The summed E-state index contributed by atoms with van der Waals surface area (Å²) >= 11 is 1.37. The van der Waals surface area contributed by atoms with Crippen LogP contribution < -0.4 is 10.0 Å². The zero-order valence-corrected chi connectivity index (χ0v) is 14.3. The van der Waals surface area contributed by atoms with E-state index >= 15 is 0 Å². The van der Waals surface area contributed by atoms with E-state index in [0.717, 1.165) is 30.7 Å². The van der Waals surface area contributed by atoms with Gasteiger partial charge in [0, 0.05) is 24.3 Å². The molecule has 0 aliphatic heterocycles. The van der Waals surface area contributed by atoms with Gasteiger partial charge in [0.05, 0.1) is 10.6 Å². The van der Waals surface area contributed by atoms with E-state index in [1.54, 1.807) is 0 Å². The highest BCUT2D eigenvalue weighted by Crippen LogP contribution is 2.40. The van der Waals surface area contributed by atoms with Crippen LogP contribution >= 0.6 is 11.3 Å². The van der Waals surface area contributed by atoms with Crippen LogP contribution in [0.25, 0.3) is 0 Å². The highest BCUT2D eigenvalue weighted by Gasteiger charge is 2.26. The number of benzene rings is 1. The van der Waals surface area contributed by atoms with Gasteiger partial charge in [-0.2, -0.15) is 0 Å². The van der Waals surface area contributed by atoms with Gasteiger partial charge in [-0.1, -0.05) is 0 Å². The maximum atomic E-state index is 12.8. The van der Waals surface area contributed by atoms with Crippen molar-refractivity contribution in [2.75, 3.05) is 11.9 Å². The van der Waals surface area contributed by atoms with Gasteiger partial charge in [0.25, 0.3) is 0 Å². The van der Waals surface area contributed by atoms with Crippen molar-refractivity contribution in [1.29, 1.82) is 0 Å². The molecule has 128 valence electrons. The molecule has 1 fully saturated rings. The van der Waals surface area contributed by atoms with Crippen LogP contribution in [0, 0.1) is 5.82 Å². The molecule has 1 aliphatic carbocycles. The summed E-state index contributed by atoms with van der Waals surface area (Å²) in [5, 5.41) is 5.13. The van der Waals surface area contributed by atoms with Crippen molar-refractivity contribution >= 4 is 32.4 Å². The molecule has 2 N–H and O–H groups in total. The van der Waals surface area contributed by atoms with Crippen LogP contribution in [-0.4, -0.2) is 25.9 Å². The SMILES string of the molecule is O=C(CCNS(=O)(=O)c1ccc(F)cc1)Nc1nc(C2CC2)cs1. The average molecular weight is 369 g/mol. The number of nitrogens with one attached hydrogen (secondary N) is 2. The van der Waals surface area contributed by atoms with Gasteiger partial charge >= 0.3 is 0 Å². The number of rotatable bonds is 7.